The number of fused-ring (bicyclic) bond motifs is 4. The molecule has 0 N–H and O–H groups in total. The van der Waals surface area contributed by atoms with Crippen LogP contribution in [0.15, 0.2) is 60.7 Å². The van der Waals surface area contributed by atoms with Crippen LogP contribution in [0.3, 0.4) is 0 Å². The third-order valence-electron chi connectivity index (χ3n) is 7.80. The normalized spacial score (nSPS) is 37.8. The number of rotatable bonds is 2. The number of hydrogen-bond acceptors (Lipinski definition) is 0. The summed E-state index contributed by atoms with van der Waals surface area (Å²) in [7, 11) is 0. The van der Waals surface area contributed by atoms with E-state index in [1.54, 1.807) is 11.1 Å². The summed E-state index contributed by atoms with van der Waals surface area (Å²) in [5.41, 5.74) is 4.08. The maximum atomic E-state index is 2.44. The predicted octanol–water partition coefficient (Wildman–Crippen LogP) is 6.26. The molecule has 3 fully saturated rings. The van der Waals surface area contributed by atoms with Crippen molar-refractivity contribution in [2.75, 3.05) is 0 Å². The molecule has 0 nitrogen and oxygen atoms in total. The van der Waals surface area contributed by atoms with Crippen LogP contribution in [0, 0.1) is 11.8 Å². The lowest BCUT2D eigenvalue weighted by atomic mass is 9.29. The van der Waals surface area contributed by atoms with E-state index < -0.39 is 0 Å². The Kier molecular flexibility index (Phi) is 3.37. The molecule has 0 bridgehead atoms. The highest BCUT2D eigenvalue weighted by Gasteiger charge is 2.71. The lowest BCUT2D eigenvalue weighted by molar-refractivity contribution is -0.142. The quantitative estimate of drug-likeness (QED) is 0.613. The van der Waals surface area contributed by atoms with Crippen LogP contribution in [0.1, 0.15) is 62.5 Å². The van der Waals surface area contributed by atoms with Gasteiger partial charge in [0.05, 0.1) is 0 Å². The van der Waals surface area contributed by atoms with Gasteiger partial charge in [-0.05, 0) is 48.6 Å². The van der Waals surface area contributed by atoms with Crippen LogP contribution >= 0.6 is 0 Å². The van der Waals surface area contributed by atoms with Crippen LogP contribution in [-0.4, -0.2) is 0 Å². The molecule has 0 heterocycles. The van der Waals surface area contributed by atoms with Gasteiger partial charge < -0.3 is 0 Å². The summed E-state index contributed by atoms with van der Waals surface area (Å²) >= 11 is 0. The van der Waals surface area contributed by atoms with E-state index in [9.17, 15) is 0 Å². The van der Waals surface area contributed by atoms with E-state index in [0.29, 0.717) is 10.8 Å². The molecule has 0 unspecified atom stereocenters. The third-order valence-corrected chi connectivity index (χ3v) is 7.80. The maximum absolute atomic E-state index is 2.44. The molecule has 2 aromatic rings. The van der Waals surface area contributed by atoms with E-state index in [4.69, 9.17) is 0 Å². The molecule has 0 heteroatoms. The molecule has 3 aliphatic carbocycles. The molecular formula is C24H28. The summed E-state index contributed by atoms with van der Waals surface area (Å²) in [5, 5.41) is 0. The van der Waals surface area contributed by atoms with Gasteiger partial charge in [-0.1, -0.05) is 86.3 Å². The Hall–Kier alpha value is -1.56. The van der Waals surface area contributed by atoms with Crippen molar-refractivity contribution in [1.29, 1.82) is 0 Å². The molecule has 0 aromatic heterocycles. The minimum absolute atomic E-state index is 0.402. The first kappa shape index (κ1) is 14.8. The first-order chi connectivity index (χ1) is 11.9. The standard InChI is InChI=1S/C24H28/c1-3-11-19(12-4-1)23-17-9-7-15-21(23)22-16-8-10-18-24(22,23)20-13-5-2-6-14-20/h1-6,11-14,21-22H,7-10,15-18H2/t21-,22-,23+,24+/m0/s1. The molecular weight excluding hydrogens is 288 g/mol. The Labute approximate surface area is 146 Å². The van der Waals surface area contributed by atoms with Crippen LogP contribution in [0.2, 0.25) is 0 Å². The summed E-state index contributed by atoms with van der Waals surface area (Å²) in [5.74, 6) is 1.82. The van der Waals surface area contributed by atoms with E-state index in [2.05, 4.69) is 60.7 Å². The Balaban J connectivity index is 1.74. The monoisotopic (exact) mass is 316 g/mol. The second-order valence-electron chi connectivity index (χ2n) is 8.38. The van der Waals surface area contributed by atoms with Crippen LogP contribution < -0.4 is 0 Å². The van der Waals surface area contributed by atoms with E-state index in [0.717, 1.165) is 11.8 Å². The molecule has 0 aliphatic heterocycles. The molecule has 0 amide bonds. The average molecular weight is 316 g/mol. The highest BCUT2D eigenvalue weighted by atomic mass is 14.7. The second kappa shape index (κ2) is 5.48. The van der Waals surface area contributed by atoms with Gasteiger partial charge in [0.2, 0.25) is 0 Å². The van der Waals surface area contributed by atoms with Crippen molar-refractivity contribution < 1.29 is 0 Å². The zero-order valence-corrected chi connectivity index (χ0v) is 14.6. The Morgan fingerprint density at radius 1 is 0.542 bits per heavy atom. The van der Waals surface area contributed by atoms with Gasteiger partial charge in [0.1, 0.15) is 0 Å². The minimum Gasteiger partial charge on any atom is -0.0622 e. The van der Waals surface area contributed by atoms with Crippen LogP contribution in [-0.2, 0) is 10.8 Å². The van der Waals surface area contributed by atoms with Gasteiger partial charge in [0, 0.05) is 10.8 Å². The van der Waals surface area contributed by atoms with Crippen molar-refractivity contribution in [1.82, 2.24) is 0 Å². The van der Waals surface area contributed by atoms with Gasteiger partial charge in [-0.3, -0.25) is 0 Å². The Morgan fingerprint density at radius 3 is 1.38 bits per heavy atom. The van der Waals surface area contributed by atoms with Gasteiger partial charge >= 0.3 is 0 Å². The lowest BCUT2D eigenvalue weighted by Crippen LogP contribution is -2.72. The summed E-state index contributed by atoms with van der Waals surface area (Å²) in [6, 6.07) is 23.2. The van der Waals surface area contributed by atoms with Crippen LogP contribution in [0.4, 0.5) is 0 Å². The molecule has 2 aromatic carbocycles. The Morgan fingerprint density at radius 2 is 0.958 bits per heavy atom. The van der Waals surface area contributed by atoms with Gasteiger partial charge in [-0.25, -0.2) is 0 Å². The van der Waals surface area contributed by atoms with Crippen molar-refractivity contribution in [3.8, 4) is 0 Å². The third kappa shape index (κ3) is 1.70. The van der Waals surface area contributed by atoms with Crippen molar-refractivity contribution >= 4 is 0 Å². The van der Waals surface area contributed by atoms with Crippen molar-refractivity contribution in [3.05, 3.63) is 71.8 Å². The average Bonchev–Trinajstić information content (AvgIpc) is 2.67. The number of benzene rings is 2. The smallest absolute Gasteiger partial charge is 0.00837 e. The largest absolute Gasteiger partial charge is 0.0622 e. The molecule has 3 aliphatic rings. The fourth-order valence-electron chi connectivity index (χ4n) is 7.20. The molecule has 124 valence electrons. The molecule has 5 rings (SSSR count). The van der Waals surface area contributed by atoms with Crippen molar-refractivity contribution in [2.45, 2.75) is 62.2 Å². The van der Waals surface area contributed by atoms with Crippen LogP contribution in [0.25, 0.3) is 0 Å². The highest BCUT2D eigenvalue weighted by Crippen LogP contribution is 2.74. The second-order valence-corrected chi connectivity index (χ2v) is 8.38. The fraction of sp³-hybridized carbons (Fsp3) is 0.500. The summed E-state index contributed by atoms with van der Waals surface area (Å²) in [6.07, 6.45) is 11.4. The van der Waals surface area contributed by atoms with Gasteiger partial charge in [0.25, 0.3) is 0 Å². The molecule has 0 radical (unpaired) electrons. The predicted molar refractivity (Wildman–Crippen MR) is 100 cm³/mol. The van der Waals surface area contributed by atoms with Gasteiger partial charge in [-0.15, -0.1) is 0 Å². The maximum Gasteiger partial charge on any atom is 0.00837 e. The van der Waals surface area contributed by atoms with E-state index in [1.807, 2.05) is 0 Å². The van der Waals surface area contributed by atoms with E-state index in [-0.39, 0.29) is 0 Å². The van der Waals surface area contributed by atoms with Crippen LogP contribution in [0.5, 0.6) is 0 Å². The van der Waals surface area contributed by atoms with Gasteiger partial charge in [0.15, 0.2) is 0 Å². The van der Waals surface area contributed by atoms with Crippen molar-refractivity contribution in [2.24, 2.45) is 11.8 Å². The zero-order chi connectivity index (χ0) is 16.0. The summed E-state index contributed by atoms with van der Waals surface area (Å²) in [4.78, 5) is 0. The number of hydrogen-bond donors (Lipinski definition) is 0. The van der Waals surface area contributed by atoms with E-state index in [1.165, 1.54) is 51.4 Å². The minimum atomic E-state index is 0.402. The van der Waals surface area contributed by atoms with Gasteiger partial charge in [-0.2, -0.15) is 0 Å². The summed E-state index contributed by atoms with van der Waals surface area (Å²) < 4.78 is 0. The fourth-order valence-corrected chi connectivity index (χ4v) is 7.20. The van der Waals surface area contributed by atoms with Crippen molar-refractivity contribution in [3.63, 3.8) is 0 Å². The first-order valence-electron chi connectivity index (χ1n) is 10.0. The molecule has 4 atom stereocenters. The lowest BCUT2D eigenvalue weighted by Gasteiger charge is -2.74. The summed E-state index contributed by atoms with van der Waals surface area (Å²) in [6.45, 7) is 0. The molecule has 0 saturated heterocycles. The topological polar surface area (TPSA) is 0 Å². The SMILES string of the molecule is c1ccc([C@]23CCCC[C@H]2[C@@H]2CCCC[C@@]23c2ccccc2)cc1. The molecule has 0 spiro atoms. The molecule has 24 heavy (non-hydrogen) atoms. The van der Waals surface area contributed by atoms with E-state index >= 15 is 0 Å². The Bertz CT molecular complexity index is 640. The first-order valence-corrected chi connectivity index (χ1v) is 10.0. The zero-order valence-electron chi connectivity index (χ0n) is 14.6. The molecule has 3 saturated carbocycles. The highest BCUT2D eigenvalue weighted by molar-refractivity contribution is 5.48.